The Morgan fingerprint density at radius 3 is 2.16 bits per heavy atom. The van der Waals surface area contributed by atoms with Crippen molar-refractivity contribution in [2.45, 2.75) is 25.6 Å². The van der Waals surface area contributed by atoms with Gasteiger partial charge in [-0.2, -0.15) is 0 Å². The minimum Gasteiger partial charge on any atom is -0.467 e. The molecule has 4 nitrogen and oxygen atoms in total. The Kier molecular flexibility index (Phi) is 6.28. The molecular weight excluding hydrogens is 323 g/mol. The summed E-state index contributed by atoms with van der Waals surface area (Å²) in [6, 6.07) is 14.5. The number of esters is 1. The number of hydrogen-bond donors (Lipinski definition) is 1. The molecule has 134 valence electrons. The lowest BCUT2D eigenvalue weighted by Gasteiger charge is -2.38. The van der Waals surface area contributed by atoms with E-state index in [2.05, 4.69) is 0 Å². The van der Waals surface area contributed by atoms with E-state index >= 15 is 0 Å². The van der Waals surface area contributed by atoms with E-state index in [1.54, 1.807) is 24.3 Å². The van der Waals surface area contributed by atoms with E-state index in [-0.39, 0.29) is 5.92 Å². The number of carbonyl (C=O) groups is 1. The van der Waals surface area contributed by atoms with Crippen LogP contribution in [0.4, 0.5) is 4.39 Å². The van der Waals surface area contributed by atoms with Crippen molar-refractivity contribution in [1.29, 1.82) is 0 Å². The summed E-state index contributed by atoms with van der Waals surface area (Å²) < 4.78 is 24.3. The number of aliphatic hydroxyl groups excluding tert-OH is 1. The average molecular weight is 346 g/mol. The van der Waals surface area contributed by atoms with Crippen LogP contribution in [0.1, 0.15) is 25.0 Å². The molecule has 0 spiro atoms. The fraction of sp³-hybridized carbons (Fsp3) is 0.350. The molecule has 0 saturated heterocycles. The SMILES string of the molecule is COC(=O)[C@H](O)[C@](OCC(C)C)(c1ccccc1)c1ccc(F)cc1. The third-order valence-electron chi connectivity index (χ3n) is 3.93. The van der Waals surface area contributed by atoms with Crippen molar-refractivity contribution in [3.63, 3.8) is 0 Å². The molecule has 1 N–H and O–H groups in total. The highest BCUT2D eigenvalue weighted by atomic mass is 19.1. The Bertz CT molecular complexity index is 685. The van der Waals surface area contributed by atoms with Gasteiger partial charge < -0.3 is 14.6 Å². The van der Waals surface area contributed by atoms with Crippen LogP contribution in [0.25, 0.3) is 0 Å². The normalized spacial score (nSPS) is 14.8. The Hall–Kier alpha value is -2.24. The lowest BCUT2D eigenvalue weighted by molar-refractivity contribution is -0.172. The van der Waals surface area contributed by atoms with Crippen molar-refractivity contribution in [2.75, 3.05) is 13.7 Å². The van der Waals surface area contributed by atoms with Crippen LogP contribution in [0.5, 0.6) is 0 Å². The van der Waals surface area contributed by atoms with Gasteiger partial charge in [-0.15, -0.1) is 0 Å². The van der Waals surface area contributed by atoms with Crippen molar-refractivity contribution >= 4 is 5.97 Å². The Balaban J connectivity index is 2.67. The molecule has 2 rings (SSSR count). The summed E-state index contributed by atoms with van der Waals surface area (Å²) >= 11 is 0. The number of methoxy groups -OCH3 is 1. The molecule has 2 aromatic carbocycles. The zero-order chi connectivity index (χ0) is 18.4. The van der Waals surface area contributed by atoms with Gasteiger partial charge in [-0.1, -0.05) is 56.3 Å². The topological polar surface area (TPSA) is 55.8 Å². The van der Waals surface area contributed by atoms with E-state index in [1.165, 1.54) is 31.4 Å². The van der Waals surface area contributed by atoms with Gasteiger partial charge in [-0.25, -0.2) is 9.18 Å². The second kappa shape index (κ2) is 8.23. The standard InChI is InChI=1S/C20H23FO4/c1-14(2)13-25-20(18(22)19(23)24-3,15-7-5-4-6-8-15)16-9-11-17(21)12-10-16/h4-12,14,18,22H,13H2,1-3H3/t18-,20-/m0/s1. The quantitative estimate of drug-likeness (QED) is 0.782. The molecule has 0 saturated carbocycles. The van der Waals surface area contributed by atoms with Crippen molar-refractivity contribution in [3.8, 4) is 0 Å². The molecule has 0 fully saturated rings. The monoisotopic (exact) mass is 346 g/mol. The first-order chi connectivity index (χ1) is 11.9. The summed E-state index contributed by atoms with van der Waals surface area (Å²) in [5, 5.41) is 10.8. The number of ether oxygens (including phenoxy) is 2. The molecule has 0 aliphatic rings. The summed E-state index contributed by atoms with van der Waals surface area (Å²) in [7, 11) is 1.20. The second-order valence-corrected chi connectivity index (χ2v) is 6.24. The summed E-state index contributed by atoms with van der Waals surface area (Å²) in [5.74, 6) is -1.08. The predicted octanol–water partition coefficient (Wildman–Crippen LogP) is 3.28. The number of rotatable bonds is 7. The van der Waals surface area contributed by atoms with Gasteiger partial charge in [-0.3, -0.25) is 0 Å². The van der Waals surface area contributed by atoms with Crippen molar-refractivity contribution in [3.05, 3.63) is 71.5 Å². The highest BCUT2D eigenvalue weighted by Gasteiger charge is 2.47. The first-order valence-corrected chi connectivity index (χ1v) is 8.13. The van der Waals surface area contributed by atoms with E-state index in [9.17, 15) is 14.3 Å². The lowest BCUT2D eigenvalue weighted by atomic mass is 9.81. The highest BCUT2D eigenvalue weighted by Crippen LogP contribution is 2.38. The zero-order valence-corrected chi connectivity index (χ0v) is 14.6. The molecule has 2 aromatic rings. The zero-order valence-electron chi connectivity index (χ0n) is 14.6. The van der Waals surface area contributed by atoms with E-state index in [0.29, 0.717) is 17.7 Å². The van der Waals surface area contributed by atoms with Gasteiger partial charge in [0.15, 0.2) is 11.7 Å². The molecule has 0 bridgehead atoms. The van der Waals surface area contributed by atoms with Gasteiger partial charge >= 0.3 is 5.97 Å². The molecule has 0 aromatic heterocycles. The van der Waals surface area contributed by atoms with Crippen LogP contribution in [0, 0.1) is 11.7 Å². The molecule has 0 amide bonds. The van der Waals surface area contributed by atoms with Crippen LogP contribution < -0.4 is 0 Å². The van der Waals surface area contributed by atoms with Crippen LogP contribution in [-0.4, -0.2) is 30.9 Å². The number of halogens is 1. The van der Waals surface area contributed by atoms with Crippen molar-refractivity contribution < 1.29 is 23.8 Å². The van der Waals surface area contributed by atoms with Crippen LogP contribution in [0.3, 0.4) is 0 Å². The van der Waals surface area contributed by atoms with Crippen LogP contribution >= 0.6 is 0 Å². The summed E-state index contributed by atoms with van der Waals surface area (Å²) in [4.78, 5) is 12.2. The molecule has 0 radical (unpaired) electrons. The third-order valence-corrected chi connectivity index (χ3v) is 3.93. The van der Waals surface area contributed by atoms with Gasteiger partial charge in [0.2, 0.25) is 0 Å². The van der Waals surface area contributed by atoms with Crippen LogP contribution in [0.15, 0.2) is 54.6 Å². The molecule has 0 heterocycles. The minimum atomic E-state index is -1.61. The number of benzene rings is 2. The molecular formula is C20H23FO4. The maximum absolute atomic E-state index is 13.4. The first kappa shape index (κ1) is 19.1. The van der Waals surface area contributed by atoms with E-state index in [4.69, 9.17) is 9.47 Å². The molecule has 25 heavy (non-hydrogen) atoms. The van der Waals surface area contributed by atoms with E-state index < -0.39 is 23.5 Å². The van der Waals surface area contributed by atoms with Crippen molar-refractivity contribution in [2.24, 2.45) is 5.92 Å². The Morgan fingerprint density at radius 2 is 1.64 bits per heavy atom. The smallest absolute Gasteiger partial charge is 0.338 e. The van der Waals surface area contributed by atoms with Gasteiger partial charge in [0.25, 0.3) is 0 Å². The average Bonchev–Trinajstić information content (AvgIpc) is 2.63. The molecule has 5 heteroatoms. The number of carbonyl (C=O) groups excluding carboxylic acids is 1. The lowest BCUT2D eigenvalue weighted by Crippen LogP contribution is -2.48. The van der Waals surface area contributed by atoms with Gasteiger partial charge in [-0.05, 0) is 29.2 Å². The van der Waals surface area contributed by atoms with E-state index in [1.807, 2.05) is 19.9 Å². The summed E-state index contributed by atoms with van der Waals surface area (Å²) in [6.07, 6.45) is -1.61. The molecule has 0 aliphatic heterocycles. The number of hydrogen-bond acceptors (Lipinski definition) is 4. The minimum absolute atomic E-state index is 0.161. The molecule has 0 unspecified atom stereocenters. The second-order valence-electron chi connectivity index (χ2n) is 6.24. The van der Waals surface area contributed by atoms with Gasteiger partial charge in [0.05, 0.1) is 13.7 Å². The van der Waals surface area contributed by atoms with Crippen LogP contribution in [0.2, 0.25) is 0 Å². The largest absolute Gasteiger partial charge is 0.467 e. The predicted molar refractivity (Wildman–Crippen MR) is 92.4 cm³/mol. The van der Waals surface area contributed by atoms with Crippen molar-refractivity contribution in [1.82, 2.24) is 0 Å². The maximum Gasteiger partial charge on any atom is 0.338 e. The highest BCUT2D eigenvalue weighted by molar-refractivity contribution is 5.77. The fourth-order valence-corrected chi connectivity index (χ4v) is 2.69. The molecule has 0 aliphatic carbocycles. The summed E-state index contributed by atoms with van der Waals surface area (Å²) in [6.45, 7) is 4.22. The van der Waals surface area contributed by atoms with Crippen LogP contribution in [-0.2, 0) is 19.9 Å². The number of aliphatic hydroxyl groups is 1. The van der Waals surface area contributed by atoms with Gasteiger partial charge in [0.1, 0.15) is 5.82 Å². The first-order valence-electron chi connectivity index (χ1n) is 8.13. The maximum atomic E-state index is 13.4. The third kappa shape index (κ3) is 4.06. The Morgan fingerprint density at radius 1 is 1.08 bits per heavy atom. The summed E-state index contributed by atoms with van der Waals surface area (Å²) in [5.41, 5.74) is -0.439. The fourth-order valence-electron chi connectivity index (χ4n) is 2.69. The van der Waals surface area contributed by atoms with Gasteiger partial charge in [0, 0.05) is 0 Å². The molecule has 2 atom stereocenters. The van der Waals surface area contributed by atoms with E-state index in [0.717, 1.165) is 0 Å². The Labute approximate surface area is 147 Å².